The molecule has 0 aromatic rings. The lowest BCUT2D eigenvalue weighted by Crippen LogP contribution is -2.39. The first-order valence-corrected chi connectivity index (χ1v) is 5.82. The third-order valence-electron chi connectivity index (χ3n) is 4.21. The van der Waals surface area contributed by atoms with Crippen LogP contribution < -0.4 is 0 Å². The van der Waals surface area contributed by atoms with Gasteiger partial charge in [0.1, 0.15) is 0 Å². The average molecular weight is 211 g/mol. The van der Waals surface area contributed by atoms with Gasteiger partial charge in [-0.25, -0.2) is 0 Å². The van der Waals surface area contributed by atoms with E-state index in [1.165, 1.54) is 0 Å². The number of ether oxygens (including phenoxy) is 1. The first-order chi connectivity index (χ1) is 7.27. The van der Waals surface area contributed by atoms with Gasteiger partial charge in [-0.15, -0.1) is 0 Å². The van der Waals surface area contributed by atoms with Gasteiger partial charge in [-0.2, -0.15) is 0 Å². The summed E-state index contributed by atoms with van der Waals surface area (Å²) in [5, 5.41) is 8.90. The minimum atomic E-state index is -0.617. The lowest BCUT2D eigenvalue weighted by atomic mass is 9.97. The number of rotatable bonds is 2. The molecule has 0 spiro atoms. The Balaban J connectivity index is 1.53. The van der Waals surface area contributed by atoms with Crippen molar-refractivity contribution in [3.63, 3.8) is 0 Å². The molecule has 3 fully saturated rings. The Hall–Kier alpha value is -0.610. The number of carboxylic acid groups (broad SMARTS) is 1. The van der Waals surface area contributed by atoms with Crippen LogP contribution in [-0.4, -0.2) is 48.3 Å². The molecule has 2 unspecified atom stereocenters. The summed E-state index contributed by atoms with van der Waals surface area (Å²) in [4.78, 5) is 13.3. The molecule has 0 radical (unpaired) electrons. The molecule has 84 valence electrons. The summed E-state index contributed by atoms with van der Waals surface area (Å²) in [6.07, 6.45) is 1.65. The van der Waals surface area contributed by atoms with Crippen molar-refractivity contribution < 1.29 is 14.6 Å². The Bertz CT molecular complexity index is 263. The zero-order valence-corrected chi connectivity index (χ0v) is 8.76. The van der Waals surface area contributed by atoms with Crippen molar-refractivity contribution >= 4 is 5.97 Å². The minimum absolute atomic E-state index is 0.101. The normalized spacial score (nSPS) is 41.5. The number of fused-ring (bicyclic) bond motifs is 1. The highest BCUT2D eigenvalue weighted by atomic mass is 16.5. The highest BCUT2D eigenvalue weighted by Crippen LogP contribution is 2.48. The molecular formula is C11H17NO3. The van der Waals surface area contributed by atoms with Crippen molar-refractivity contribution in [3.05, 3.63) is 0 Å². The number of carboxylic acids is 1. The summed E-state index contributed by atoms with van der Waals surface area (Å²) in [6.45, 7) is 3.78. The molecule has 2 heterocycles. The van der Waals surface area contributed by atoms with Crippen LogP contribution in [-0.2, 0) is 9.53 Å². The zero-order chi connectivity index (χ0) is 10.4. The van der Waals surface area contributed by atoms with Gasteiger partial charge >= 0.3 is 5.97 Å². The van der Waals surface area contributed by atoms with E-state index in [9.17, 15) is 4.79 Å². The fourth-order valence-electron chi connectivity index (χ4n) is 3.20. The monoisotopic (exact) mass is 211 g/mol. The van der Waals surface area contributed by atoms with Crippen molar-refractivity contribution in [2.24, 2.45) is 17.8 Å². The Kier molecular flexibility index (Phi) is 2.21. The third kappa shape index (κ3) is 1.56. The SMILES string of the molecule is O=C(O)C1CCN(C2C3COCC32)CC1. The van der Waals surface area contributed by atoms with Crippen molar-refractivity contribution in [1.82, 2.24) is 4.90 Å². The molecule has 4 heteroatoms. The Morgan fingerprint density at radius 1 is 1.20 bits per heavy atom. The Morgan fingerprint density at radius 2 is 1.80 bits per heavy atom. The van der Waals surface area contributed by atoms with Gasteiger partial charge in [0.05, 0.1) is 19.1 Å². The lowest BCUT2D eigenvalue weighted by molar-refractivity contribution is -0.143. The van der Waals surface area contributed by atoms with E-state index in [-0.39, 0.29) is 5.92 Å². The van der Waals surface area contributed by atoms with Gasteiger partial charge < -0.3 is 9.84 Å². The second-order valence-corrected chi connectivity index (χ2v) is 5.00. The van der Waals surface area contributed by atoms with E-state index in [1.54, 1.807) is 0 Å². The summed E-state index contributed by atoms with van der Waals surface area (Å²) in [5.41, 5.74) is 0. The highest BCUT2D eigenvalue weighted by Gasteiger charge is 2.56. The maximum absolute atomic E-state index is 10.8. The largest absolute Gasteiger partial charge is 0.481 e. The van der Waals surface area contributed by atoms with Crippen LogP contribution in [0.15, 0.2) is 0 Å². The zero-order valence-electron chi connectivity index (χ0n) is 8.76. The number of hydrogen-bond donors (Lipinski definition) is 1. The van der Waals surface area contributed by atoms with Crippen LogP contribution in [0.3, 0.4) is 0 Å². The van der Waals surface area contributed by atoms with Crippen molar-refractivity contribution in [2.75, 3.05) is 26.3 Å². The van der Waals surface area contributed by atoms with Crippen LogP contribution in [0.25, 0.3) is 0 Å². The van der Waals surface area contributed by atoms with E-state index in [4.69, 9.17) is 9.84 Å². The van der Waals surface area contributed by atoms with Gasteiger partial charge in [0.15, 0.2) is 0 Å². The average Bonchev–Trinajstić information content (AvgIpc) is 2.72. The quantitative estimate of drug-likeness (QED) is 0.719. The predicted molar refractivity (Wildman–Crippen MR) is 53.5 cm³/mol. The Morgan fingerprint density at radius 3 is 2.33 bits per heavy atom. The van der Waals surface area contributed by atoms with Gasteiger partial charge in [-0.05, 0) is 25.9 Å². The van der Waals surface area contributed by atoms with Crippen LogP contribution in [0.1, 0.15) is 12.8 Å². The summed E-state index contributed by atoms with van der Waals surface area (Å²) in [5.74, 6) is 0.794. The lowest BCUT2D eigenvalue weighted by Gasteiger charge is -2.31. The number of nitrogens with zero attached hydrogens (tertiary/aromatic N) is 1. The molecule has 1 aliphatic carbocycles. The predicted octanol–water partition coefficient (Wildman–Crippen LogP) is 0.428. The molecule has 3 rings (SSSR count). The molecule has 2 aliphatic heterocycles. The molecular weight excluding hydrogens is 194 g/mol. The second kappa shape index (κ2) is 3.46. The number of aliphatic carboxylic acids is 1. The standard InChI is InChI=1S/C11H17NO3/c13-11(14)7-1-3-12(4-2-7)10-8-5-15-6-9(8)10/h7-10H,1-6H2,(H,13,14). The van der Waals surface area contributed by atoms with Gasteiger partial charge in [0.2, 0.25) is 0 Å². The van der Waals surface area contributed by atoms with E-state index < -0.39 is 5.97 Å². The number of piperidine rings is 1. The van der Waals surface area contributed by atoms with E-state index in [2.05, 4.69) is 4.90 Å². The molecule has 1 saturated carbocycles. The summed E-state index contributed by atoms with van der Waals surface area (Å²) in [7, 11) is 0. The van der Waals surface area contributed by atoms with E-state index >= 15 is 0 Å². The molecule has 2 saturated heterocycles. The number of likely N-dealkylation sites (tertiary alicyclic amines) is 1. The molecule has 0 bridgehead atoms. The third-order valence-corrected chi connectivity index (χ3v) is 4.21. The molecule has 4 nitrogen and oxygen atoms in total. The first-order valence-electron chi connectivity index (χ1n) is 5.82. The van der Waals surface area contributed by atoms with Gasteiger partial charge in [0.25, 0.3) is 0 Å². The second-order valence-electron chi connectivity index (χ2n) is 5.00. The van der Waals surface area contributed by atoms with Crippen LogP contribution >= 0.6 is 0 Å². The molecule has 3 aliphatic rings. The minimum Gasteiger partial charge on any atom is -0.481 e. The summed E-state index contributed by atoms with van der Waals surface area (Å²) >= 11 is 0. The summed E-state index contributed by atoms with van der Waals surface area (Å²) < 4.78 is 5.37. The molecule has 0 aromatic carbocycles. The topological polar surface area (TPSA) is 49.8 Å². The molecule has 1 N–H and O–H groups in total. The maximum Gasteiger partial charge on any atom is 0.306 e. The van der Waals surface area contributed by atoms with E-state index in [0.717, 1.165) is 51.0 Å². The van der Waals surface area contributed by atoms with Crippen LogP contribution in [0.2, 0.25) is 0 Å². The van der Waals surface area contributed by atoms with Crippen LogP contribution in [0, 0.1) is 17.8 Å². The van der Waals surface area contributed by atoms with E-state index in [0.29, 0.717) is 6.04 Å². The fraction of sp³-hybridized carbons (Fsp3) is 0.909. The van der Waals surface area contributed by atoms with Gasteiger partial charge in [-0.1, -0.05) is 0 Å². The molecule has 0 amide bonds. The Labute approximate surface area is 89.2 Å². The van der Waals surface area contributed by atoms with Gasteiger partial charge in [0, 0.05) is 17.9 Å². The molecule has 15 heavy (non-hydrogen) atoms. The smallest absolute Gasteiger partial charge is 0.306 e. The highest BCUT2D eigenvalue weighted by molar-refractivity contribution is 5.70. The fourth-order valence-corrected chi connectivity index (χ4v) is 3.20. The van der Waals surface area contributed by atoms with Crippen molar-refractivity contribution in [2.45, 2.75) is 18.9 Å². The summed E-state index contributed by atoms with van der Waals surface area (Å²) in [6, 6.07) is 0.716. The maximum atomic E-state index is 10.8. The van der Waals surface area contributed by atoms with Gasteiger partial charge in [-0.3, -0.25) is 9.69 Å². The van der Waals surface area contributed by atoms with Crippen molar-refractivity contribution in [3.8, 4) is 0 Å². The van der Waals surface area contributed by atoms with Crippen LogP contribution in [0.4, 0.5) is 0 Å². The number of hydrogen-bond acceptors (Lipinski definition) is 3. The molecule has 0 aromatic heterocycles. The van der Waals surface area contributed by atoms with E-state index in [1.807, 2.05) is 0 Å². The first kappa shape index (κ1) is 9.60. The number of carbonyl (C=O) groups is 1. The van der Waals surface area contributed by atoms with Crippen molar-refractivity contribution in [1.29, 1.82) is 0 Å². The molecule has 2 atom stereocenters. The van der Waals surface area contributed by atoms with Crippen LogP contribution in [0.5, 0.6) is 0 Å².